The predicted molar refractivity (Wildman–Crippen MR) is 45.0 cm³/mol. The van der Waals surface area contributed by atoms with Crippen LogP contribution in [0.2, 0.25) is 0 Å². The van der Waals surface area contributed by atoms with E-state index in [0.717, 1.165) is 0 Å². The van der Waals surface area contributed by atoms with E-state index in [-0.39, 0.29) is 0 Å². The third-order valence-electron chi connectivity index (χ3n) is 1.06. The number of hydrogen-bond donors (Lipinski definition) is 0. The van der Waals surface area contributed by atoms with Gasteiger partial charge in [-0.15, -0.1) is 0 Å². The number of halogens is 1. The van der Waals surface area contributed by atoms with Crippen molar-refractivity contribution in [3.63, 3.8) is 0 Å². The minimum Gasteiger partial charge on any atom is -0.0616 e. The fraction of sp³-hybridized carbons (Fsp3) is 0.143. The van der Waals surface area contributed by atoms with E-state index >= 15 is 0 Å². The van der Waals surface area contributed by atoms with Crippen LogP contribution in [0.5, 0.6) is 0 Å². The minimum absolute atomic E-state index is 1.34. The first-order valence-corrected chi connectivity index (χ1v) is 3.60. The van der Waals surface area contributed by atoms with Gasteiger partial charge in [-0.25, -0.2) is 0 Å². The Labute approximate surface area is 63.1 Å². The topological polar surface area (TPSA) is 0 Å². The molecule has 1 rings (SSSR count). The Morgan fingerprint density at radius 2 is 1.88 bits per heavy atom. The van der Waals surface area contributed by atoms with Crippen LogP contribution in [0, 0.1) is 0 Å². The summed E-state index contributed by atoms with van der Waals surface area (Å²) in [4.78, 5) is 0. The van der Waals surface area contributed by atoms with Gasteiger partial charge in [-0.05, 0) is 38.7 Å². The quantitative estimate of drug-likeness (QED) is 0.548. The highest BCUT2D eigenvalue weighted by atomic mass is 127. The average molecular weight is 218 g/mol. The Hall–Kier alpha value is -0.0500. The van der Waals surface area contributed by atoms with Crippen molar-refractivity contribution in [3.8, 4) is 0 Å². The van der Waals surface area contributed by atoms with Gasteiger partial charge in [0.1, 0.15) is 0 Å². The van der Waals surface area contributed by atoms with E-state index < -0.39 is 0 Å². The van der Waals surface area contributed by atoms with Crippen molar-refractivity contribution in [1.82, 2.24) is 0 Å². The van der Waals surface area contributed by atoms with Crippen LogP contribution >= 0.6 is 22.6 Å². The van der Waals surface area contributed by atoms with Crippen LogP contribution in [0.25, 0.3) is 0 Å². The summed E-state index contributed by atoms with van der Waals surface area (Å²) >= 11 is 2.32. The van der Waals surface area contributed by atoms with Crippen LogP contribution in [0.1, 0.15) is 6.92 Å². The second-order valence-corrected chi connectivity index (χ2v) is 3.33. The summed E-state index contributed by atoms with van der Waals surface area (Å²) in [5.74, 6) is 0. The zero-order valence-electron chi connectivity index (χ0n) is 4.69. The van der Waals surface area contributed by atoms with Gasteiger partial charge in [0.05, 0.1) is 0 Å². The summed E-state index contributed by atoms with van der Waals surface area (Å²) < 4.78 is 1.35. The van der Waals surface area contributed by atoms with Gasteiger partial charge in [-0.1, -0.05) is 24.3 Å². The van der Waals surface area contributed by atoms with E-state index in [1.165, 1.54) is 9.15 Å². The molecule has 0 saturated heterocycles. The van der Waals surface area contributed by atoms with E-state index in [1.807, 2.05) is 0 Å². The minimum atomic E-state index is 1.34. The lowest BCUT2D eigenvalue weighted by Gasteiger charge is -1.87. The van der Waals surface area contributed by atoms with E-state index in [1.54, 1.807) is 0 Å². The molecule has 8 heavy (non-hydrogen) atoms. The smallest absolute Gasteiger partial charge is 0.00527 e. The highest BCUT2D eigenvalue weighted by molar-refractivity contribution is 14.1. The molecule has 1 heteroatoms. The lowest BCUT2D eigenvalue weighted by atomic mass is 10.3. The summed E-state index contributed by atoms with van der Waals surface area (Å²) in [5, 5.41) is 0. The van der Waals surface area contributed by atoms with Crippen LogP contribution in [0.4, 0.5) is 0 Å². The fourth-order valence-corrected chi connectivity index (χ4v) is 0.963. The van der Waals surface area contributed by atoms with Gasteiger partial charge in [-0.3, -0.25) is 0 Å². The first kappa shape index (κ1) is 6.08. The van der Waals surface area contributed by atoms with Gasteiger partial charge < -0.3 is 0 Å². The second kappa shape index (κ2) is 2.49. The lowest BCUT2D eigenvalue weighted by Crippen LogP contribution is -1.65. The van der Waals surface area contributed by atoms with E-state index in [2.05, 4.69) is 53.8 Å². The Kier molecular flexibility index (Phi) is 1.89. The van der Waals surface area contributed by atoms with Crippen molar-refractivity contribution >= 4 is 22.6 Å². The highest BCUT2D eigenvalue weighted by Crippen LogP contribution is 2.17. The van der Waals surface area contributed by atoms with Crippen molar-refractivity contribution in [1.29, 1.82) is 0 Å². The molecule has 0 saturated carbocycles. The van der Waals surface area contributed by atoms with Crippen molar-refractivity contribution in [3.05, 3.63) is 33.5 Å². The van der Waals surface area contributed by atoms with Crippen LogP contribution in [-0.4, -0.2) is 0 Å². The van der Waals surface area contributed by atoms with Crippen LogP contribution in [0.15, 0.2) is 33.5 Å². The molecule has 0 unspecified atom stereocenters. The molecule has 0 aromatic carbocycles. The normalized spacial score (nSPS) is 15.5. The summed E-state index contributed by atoms with van der Waals surface area (Å²) in [6.07, 6.45) is 8.33. The molecule has 0 bridgehead atoms. The molecule has 0 aliphatic heterocycles. The fourth-order valence-electron chi connectivity index (χ4n) is 0.604. The molecule has 1 aliphatic rings. The molecule has 42 valence electrons. The maximum atomic E-state index is 2.32. The molecular weight excluding hydrogens is 211 g/mol. The number of hydrogen-bond acceptors (Lipinski definition) is 0. The Morgan fingerprint density at radius 1 is 1.38 bits per heavy atom. The Morgan fingerprint density at radius 3 is 2.12 bits per heavy atom. The number of allylic oxidation sites excluding steroid dienone is 6. The molecule has 0 fully saturated rings. The molecule has 0 amide bonds. The van der Waals surface area contributed by atoms with Crippen molar-refractivity contribution in [2.45, 2.75) is 6.92 Å². The average Bonchev–Trinajstić information content (AvgIpc) is 2.12. The van der Waals surface area contributed by atoms with Crippen LogP contribution in [0.3, 0.4) is 0 Å². The Balaban J connectivity index is 2.90. The van der Waals surface area contributed by atoms with E-state index in [4.69, 9.17) is 0 Å². The molecule has 0 aromatic heterocycles. The molecule has 0 atom stereocenters. The molecule has 0 nitrogen and oxygen atoms in total. The van der Waals surface area contributed by atoms with Gasteiger partial charge in [0.25, 0.3) is 0 Å². The van der Waals surface area contributed by atoms with Crippen LogP contribution < -0.4 is 0 Å². The van der Waals surface area contributed by atoms with Gasteiger partial charge in [0, 0.05) is 0 Å². The molecule has 0 heterocycles. The molecule has 1 aliphatic carbocycles. The van der Waals surface area contributed by atoms with Gasteiger partial charge in [-0.2, -0.15) is 0 Å². The molecule has 0 spiro atoms. The highest BCUT2D eigenvalue weighted by Gasteiger charge is 1.92. The zero-order valence-corrected chi connectivity index (χ0v) is 6.84. The maximum absolute atomic E-state index is 2.32. The predicted octanol–water partition coefficient (Wildman–Crippen LogP) is 2.82. The zero-order chi connectivity index (χ0) is 5.98. The van der Waals surface area contributed by atoms with Crippen molar-refractivity contribution in [2.75, 3.05) is 0 Å². The third kappa shape index (κ3) is 1.22. The monoisotopic (exact) mass is 218 g/mol. The van der Waals surface area contributed by atoms with Gasteiger partial charge in [0.15, 0.2) is 0 Å². The van der Waals surface area contributed by atoms with Gasteiger partial charge in [0.2, 0.25) is 0 Å². The first-order chi connectivity index (χ1) is 3.80. The third-order valence-corrected chi connectivity index (χ3v) is 1.68. The molecule has 0 radical (unpaired) electrons. The standard InChI is InChI=1S/C7H7I/c1-6(8)7-4-2-3-5-7/h2-5H,1H3. The SMILES string of the molecule is CC(I)=C1C=CC=C1. The summed E-state index contributed by atoms with van der Waals surface area (Å²) in [5.41, 5.74) is 1.34. The van der Waals surface area contributed by atoms with Gasteiger partial charge >= 0.3 is 0 Å². The molecule has 0 N–H and O–H groups in total. The van der Waals surface area contributed by atoms with E-state index in [0.29, 0.717) is 0 Å². The largest absolute Gasteiger partial charge is 0.0616 e. The summed E-state index contributed by atoms with van der Waals surface area (Å²) in [6.45, 7) is 2.11. The van der Waals surface area contributed by atoms with E-state index in [9.17, 15) is 0 Å². The summed E-state index contributed by atoms with van der Waals surface area (Å²) in [7, 11) is 0. The maximum Gasteiger partial charge on any atom is -0.00527 e. The van der Waals surface area contributed by atoms with Crippen molar-refractivity contribution < 1.29 is 0 Å². The van der Waals surface area contributed by atoms with Crippen LogP contribution in [-0.2, 0) is 0 Å². The second-order valence-electron chi connectivity index (χ2n) is 1.71. The molecular formula is C7H7I. The number of rotatable bonds is 0. The Bertz CT molecular complexity index is 155. The van der Waals surface area contributed by atoms with Crippen molar-refractivity contribution in [2.24, 2.45) is 0 Å². The lowest BCUT2D eigenvalue weighted by molar-refractivity contribution is 1.62. The molecule has 0 aromatic rings. The summed E-state index contributed by atoms with van der Waals surface area (Å²) in [6, 6.07) is 0. The first-order valence-electron chi connectivity index (χ1n) is 2.52.